The molecule has 26 heavy (non-hydrogen) atoms. The Balaban J connectivity index is 1.87. The van der Waals surface area contributed by atoms with Crippen molar-refractivity contribution in [2.24, 2.45) is 17.6 Å². The van der Waals surface area contributed by atoms with Gasteiger partial charge in [-0.05, 0) is 96.9 Å². The van der Waals surface area contributed by atoms with Crippen molar-refractivity contribution in [2.45, 2.75) is 52.4 Å². The molecular formula is C24H28N2. The predicted octanol–water partition coefficient (Wildman–Crippen LogP) is 5.15. The van der Waals surface area contributed by atoms with Gasteiger partial charge >= 0.3 is 0 Å². The van der Waals surface area contributed by atoms with Crippen LogP contribution < -0.4 is 11.5 Å². The van der Waals surface area contributed by atoms with Gasteiger partial charge in [0.25, 0.3) is 0 Å². The summed E-state index contributed by atoms with van der Waals surface area (Å²) in [6, 6.07) is 2.37. The molecule has 0 heterocycles. The van der Waals surface area contributed by atoms with Gasteiger partial charge in [-0.3, -0.25) is 0 Å². The molecule has 1 fully saturated rings. The first-order chi connectivity index (χ1) is 12.4. The summed E-state index contributed by atoms with van der Waals surface area (Å²) in [5.41, 5.74) is 26.2. The molecule has 1 aromatic carbocycles. The number of nitrogen functional groups attached to an aromatic ring is 1. The van der Waals surface area contributed by atoms with Gasteiger partial charge in [0.05, 0.1) is 0 Å². The number of allylic oxidation sites excluding steroid dienone is 7. The zero-order chi connectivity index (χ0) is 18.3. The van der Waals surface area contributed by atoms with Gasteiger partial charge < -0.3 is 11.5 Å². The highest BCUT2D eigenvalue weighted by atomic mass is 14.7. The fourth-order valence-electron chi connectivity index (χ4n) is 6.19. The van der Waals surface area contributed by atoms with Crippen LogP contribution in [0, 0.1) is 25.7 Å². The molecule has 2 heteroatoms. The molecule has 5 aliphatic carbocycles. The topological polar surface area (TPSA) is 52.0 Å². The van der Waals surface area contributed by atoms with Gasteiger partial charge in [0.1, 0.15) is 0 Å². The third kappa shape index (κ3) is 1.78. The van der Waals surface area contributed by atoms with Gasteiger partial charge in [-0.15, -0.1) is 0 Å². The van der Waals surface area contributed by atoms with Crippen LogP contribution in [-0.4, -0.2) is 0 Å². The third-order valence-electron chi connectivity index (χ3n) is 7.41. The van der Waals surface area contributed by atoms with E-state index in [-0.39, 0.29) is 0 Å². The van der Waals surface area contributed by atoms with Crippen molar-refractivity contribution in [3.63, 3.8) is 0 Å². The van der Waals surface area contributed by atoms with E-state index in [1.165, 1.54) is 39.8 Å². The number of hydrogen-bond donors (Lipinski definition) is 2. The van der Waals surface area contributed by atoms with Crippen LogP contribution in [0.3, 0.4) is 0 Å². The van der Waals surface area contributed by atoms with E-state index < -0.39 is 0 Å². The minimum atomic E-state index is 0.400. The number of hydrogen-bond acceptors (Lipinski definition) is 2. The minimum Gasteiger partial charge on any atom is -0.399 e. The molecule has 0 saturated heterocycles. The summed E-state index contributed by atoms with van der Waals surface area (Å²) in [6.45, 7) is 8.79. The van der Waals surface area contributed by atoms with Crippen LogP contribution in [0.4, 0.5) is 5.69 Å². The molecule has 0 amide bonds. The zero-order valence-electron chi connectivity index (χ0n) is 16.2. The molecule has 2 bridgehead atoms. The Kier molecular flexibility index (Phi) is 3.17. The molecule has 134 valence electrons. The quantitative estimate of drug-likeness (QED) is 0.639. The molecule has 4 unspecified atom stereocenters. The first kappa shape index (κ1) is 16.0. The second kappa shape index (κ2) is 5.16. The largest absolute Gasteiger partial charge is 0.399 e. The number of nitrogens with two attached hydrogens (primary N) is 2. The average Bonchev–Trinajstić information content (AvgIpc) is 2.63. The maximum absolute atomic E-state index is 6.49. The lowest BCUT2D eigenvalue weighted by molar-refractivity contribution is 0.301. The molecule has 0 aliphatic heterocycles. The Hall–Kier alpha value is -2.22. The van der Waals surface area contributed by atoms with Crippen molar-refractivity contribution in [3.05, 3.63) is 74.5 Å². The van der Waals surface area contributed by atoms with Gasteiger partial charge in [-0.25, -0.2) is 0 Å². The monoisotopic (exact) mass is 344 g/mol. The summed E-state index contributed by atoms with van der Waals surface area (Å²) in [4.78, 5) is 0. The highest BCUT2D eigenvalue weighted by Crippen LogP contribution is 2.65. The van der Waals surface area contributed by atoms with Crippen molar-refractivity contribution in [3.8, 4) is 0 Å². The standard InChI is InChI=1S/C24H28N2/c1-11-9-17-19(13(3)23(11)25)22-16-8-6-5-7-15(16)21(17)18-10-12(2)24(26)14(4)20(18)22/h7-10,17,19,21-22H,5-6,25-26H2,1-4H3. The molecule has 1 saturated carbocycles. The summed E-state index contributed by atoms with van der Waals surface area (Å²) in [5, 5.41) is 0. The van der Waals surface area contributed by atoms with Crippen LogP contribution in [0.15, 0.2) is 52.3 Å². The van der Waals surface area contributed by atoms with Crippen LogP contribution in [0.5, 0.6) is 0 Å². The summed E-state index contributed by atoms with van der Waals surface area (Å²) in [6.07, 6.45) is 9.79. The molecule has 1 aromatic rings. The van der Waals surface area contributed by atoms with Gasteiger partial charge in [0.2, 0.25) is 0 Å². The predicted molar refractivity (Wildman–Crippen MR) is 109 cm³/mol. The molecular weight excluding hydrogens is 316 g/mol. The van der Waals surface area contributed by atoms with Crippen molar-refractivity contribution in [1.82, 2.24) is 0 Å². The number of aryl methyl sites for hydroxylation is 1. The molecule has 5 aliphatic rings. The fourth-order valence-corrected chi connectivity index (χ4v) is 6.19. The van der Waals surface area contributed by atoms with Crippen LogP contribution in [0.2, 0.25) is 0 Å². The second-order valence-corrected chi connectivity index (χ2v) is 8.64. The minimum absolute atomic E-state index is 0.400. The third-order valence-corrected chi connectivity index (χ3v) is 7.41. The lowest BCUT2D eigenvalue weighted by Crippen LogP contribution is -2.44. The number of rotatable bonds is 0. The normalized spacial score (nSPS) is 31.6. The molecule has 4 atom stereocenters. The molecule has 2 nitrogen and oxygen atoms in total. The summed E-state index contributed by atoms with van der Waals surface area (Å²) < 4.78 is 0. The zero-order valence-corrected chi connectivity index (χ0v) is 16.2. The number of anilines is 1. The Morgan fingerprint density at radius 1 is 0.923 bits per heavy atom. The molecule has 6 rings (SSSR count). The van der Waals surface area contributed by atoms with Crippen molar-refractivity contribution in [1.29, 1.82) is 0 Å². The Labute approximate surface area is 156 Å². The summed E-state index contributed by atoms with van der Waals surface area (Å²) >= 11 is 0. The average molecular weight is 345 g/mol. The van der Waals surface area contributed by atoms with E-state index >= 15 is 0 Å². The van der Waals surface area contributed by atoms with E-state index in [0.29, 0.717) is 23.7 Å². The molecule has 0 aromatic heterocycles. The number of benzene rings is 1. The van der Waals surface area contributed by atoms with Crippen LogP contribution in [0.1, 0.15) is 60.8 Å². The van der Waals surface area contributed by atoms with Gasteiger partial charge in [-0.2, -0.15) is 0 Å². The van der Waals surface area contributed by atoms with Gasteiger partial charge in [-0.1, -0.05) is 24.3 Å². The van der Waals surface area contributed by atoms with Crippen molar-refractivity contribution in [2.75, 3.05) is 5.73 Å². The highest BCUT2D eigenvalue weighted by Gasteiger charge is 2.53. The van der Waals surface area contributed by atoms with Crippen LogP contribution in [0.25, 0.3) is 0 Å². The van der Waals surface area contributed by atoms with Crippen molar-refractivity contribution >= 4 is 5.69 Å². The van der Waals surface area contributed by atoms with Crippen molar-refractivity contribution < 1.29 is 0 Å². The first-order valence-corrected chi connectivity index (χ1v) is 9.86. The van der Waals surface area contributed by atoms with E-state index in [9.17, 15) is 0 Å². The van der Waals surface area contributed by atoms with Gasteiger partial charge in [0.15, 0.2) is 0 Å². The highest BCUT2D eigenvalue weighted by molar-refractivity contribution is 5.70. The maximum atomic E-state index is 6.49. The summed E-state index contributed by atoms with van der Waals surface area (Å²) in [5.74, 6) is 1.84. The maximum Gasteiger partial charge on any atom is 0.0376 e. The Morgan fingerprint density at radius 3 is 2.27 bits per heavy atom. The lowest BCUT2D eigenvalue weighted by atomic mass is 9.48. The van der Waals surface area contributed by atoms with E-state index in [1.54, 1.807) is 11.1 Å². The van der Waals surface area contributed by atoms with E-state index in [0.717, 1.165) is 17.8 Å². The smallest absolute Gasteiger partial charge is 0.0376 e. The summed E-state index contributed by atoms with van der Waals surface area (Å²) in [7, 11) is 0. The fraction of sp³-hybridized carbons (Fsp3) is 0.417. The van der Waals surface area contributed by atoms with E-state index in [1.807, 2.05) is 0 Å². The molecule has 0 radical (unpaired) electrons. The van der Waals surface area contributed by atoms with E-state index in [2.05, 4.69) is 52.0 Å². The molecule has 0 spiro atoms. The SMILES string of the molecule is CC1=CC2C3C4=CCCC=C4C(c4c3cc(C)c(N)c4C)C2C(C)=C1N. The first-order valence-electron chi connectivity index (χ1n) is 9.86. The Morgan fingerprint density at radius 2 is 1.58 bits per heavy atom. The Bertz CT molecular complexity index is 970. The van der Waals surface area contributed by atoms with E-state index in [4.69, 9.17) is 11.5 Å². The van der Waals surface area contributed by atoms with Crippen LogP contribution in [-0.2, 0) is 0 Å². The van der Waals surface area contributed by atoms with Gasteiger partial charge in [0, 0.05) is 23.2 Å². The molecule has 4 N–H and O–H groups in total. The lowest BCUT2D eigenvalue weighted by Gasteiger charge is -2.55. The van der Waals surface area contributed by atoms with Crippen LogP contribution >= 0.6 is 0 Å². The second-order valence-electron chi connectivity index (χ2n) is 8.64.